The van der Waals surface area contributed by atoms with E-state index in [0.717, 1.165) is 11.7 Å². The zero-order valence-electron chi connectivity index (χ0n) is 11.3. The minimum absolute atomic E-state index is 0.0694. The van der Waals surface area contributed by atoms with Gasteiger partial charge in [0.1, 0.15) is 22.7 Å². The molecule has 0 fully saturated rings. The number of nitrogens with one attached hydrogen (secondary N) is 2. The zero-order chi connectivity index (χ0) is 16.0. The first kappa shape index (κ1) is 14.2. The van der Waals surface area contributed by atoms with Crippen LogP contribution >= 0.6 is 11.7 Å². The number of anilines is 1. The minimum Gasteiger partial charge on any atom is -0.360 e. The highest BCUT2D eigenvalue weighted by Gasteiger charge is 2.14. The van der Waals surface area contributed by atoms with Gasteiger partial charge in [-0.1, -0.05) is 0 Å². The maximum atomic E-state index is 14.0. The fourth-order valence-corrected chi connectivity index (χ4v) is 3.78. The van der Waals surface area contributed by atoms with Crippen molar-refractivity contribution in [1.82, 2.24) is 13.7 Å². The van der Waals surface area contributed by atoms with Gasteiger partial charge in [0.15, 0.2) is 11.0 Å². The lowest BCUT2D eigenvalue weighted by Gasteiger charge is -2.06. The van der Waals surface area contributed by atoms with Gasteiger partial charge in [0.25, 0.3) is 0 Å². The van der Waals surface area contributed by atoms with Gasteiger partial charge in [0.05, 0.1) is 22.3 Å². The number of fused-ring (bicyclic) bond motifs is 2. The predicted octanol–water partition coefficient (Wildman–Crippen LogP) is 3.59. The quantitative estimate of drug-likeness (QED) is 0.593. The van der Waals surface area contributed by atoms with E-state index in [1.807, 2.05) is 0 Å². The van der Waals surface area contributed by atoms with E-state index in [4.69, 9.17) is 0 Å². The maximum Gasteiger partial charge on any atom is 0.152 e. The van der Waals surface area contributed by atoms with Crippen molar-refractivity contribution in [2.45, 2.75) is 4.90 Å². The van der Waals surface area contributed by atoms with Gasteiger partial charge in [-0.15, -0.1) is 0 Å². The van der Waals surface area contributed by atoms with Crippen LogP contribution in [0.1, 0.15) is 0 Å². The highest BCUT2D eigenvalue weighted by Crippen LogP contribution is 2.26. The van der Waals surface area contributed by atoms with Crippen LogP contribution in [0.2, 0.25) is 0 Å². The topological polar surface area (TPSA) is 70.7 Å². The summed E-state index contributed by atoms with van der Waals surface area (Å²) < 4.78 is 50.3. The van der Waals surface area contributed by atoms with Gasteiger partial charge in [0, 0.05) is 23.2 Å². The number of halogens is 2. The Balaban J connectivity index is 1.71. The minimum atomic E-state index is -1.71. The second-order valence-corrected chi connectivity index (χ2v) is 6.51. The highest BCUT2D eigenvalue weighted by atomic mass is 32.2. The average Bonchev–Trinajstić information content (AvgIpc) is 3.13. The summed E-state index contributed by atoms with van der Waals surface area (Å²) in [4.78, 5) is 3.26. The van der Waals surface area contributed by atoms with Crippen LogP contribution in [0.4, 0.5) is 14.5 Å². The van der Waals surface area contributed by atoms with Crippen molar-refractivity contribution in [3.8, 4) is 0 Å². The summed E-state index contributed by atoms with van der Waals surface area (Å²) in [5, 5.41) is 0.606. The Morgan fingerprint density at radius 2 is 1.91 bits per heavy atom. The zero-order valence-corrected chi connectivity index (χ0v) is 13.0. The van der Waals surface area contributed by atoms with Gasteiger partial charge < -0.3 is 4.98 Å². The third-order valence-corrected chi connectivity index (χ3v) is 5.05. The second-order valence-electron chi connectivity index (χ2n) is 4.80. The third-order valence-electron chi connectivity index (χ3n) is 3.35. The third kappa shape index (κ3) is 2.47. The molecule has 1 atom stereocenters. The summed E-state index contributed by atoms with van der Waals surface area (Å²) in [7, 11) is -1.71. The Bertz CT molecular complexity index is 1060. The number of H-pyrrole nitrogens is 1. The molecule has 23 heavy (non-hydrogen) atoms. The molecule has 0 spiro atoms. The lowest BCUT2D eigenvalue weighted by atomic mass is 10.2. The number of aromatic nitrogens is 3. The van der Waals surface area contributed by atoms with E-state index in [9.17, 15) is 13.0 Å². The lowest BCUT2D eigenvalue weighted by Crippen LogP contribution is -2.06. The summed E-state index contributed by atoms with van der Waals surface area (Å²) in [6.07, 6.45) is 1.51. The first-order valence-corrected chi connectivity index (χ1v) is 8.37. The number of hydrogen-bond acceptors (Lipinski definition) is 4. The Morgan fingerprint density at radius 3 is 2.74 bits per heavy atom. The molecule has 0 saturated carbocycles. The van der Waals surface area contributed by atoms with Gasteiger partial charge in [-0.2, -0.15) is 8.75 Å². The molecule has 2 heterocycles. The summed E-state index contributed by atoms with van der Waals surface area (Å²) in [6, 6.07) is 6.82. The molecule has 0 aliphatic rings. The fourth-order valence-electron chi connectivity index (χ4n) is 2.26. The van der Waals surface area contributed by atoms with E-state index in [-0.39, 0.29) is 5.69 Å². The fraction of sp³-hybridized carbons (Fsp3) is 0. The Labute approximate surface area is 135 Å². The van der Waals surface area contributed by atoms with E-state index in [2.05, 4.69) is 18.5 Å². The standard InChI is InChI=1S/C14H8F2N4OS2/c15-7-1-2-8-10(3-7)17-6-14(8)23(21)20-11-5-13-12(4-9(11)16)18-22-19-13/h1-6,17,20H. The van der Waals surface area contributed by atoms with Crippen LogP contribution in [-0.2, 0) is 11.0 Å². The molecule has 0 aliphatic heterocycles. The molecular weight excluding hydrogens is 342 g/mol. The van der Waals surface area contributed by atoms with Gasteiger partial charge in [-0.3, -0.25) is 4.72 Å². The van der Waals surface area contributed by atoms with E-state index in [0.29, 0.717) is 26.8 Å². The van der Waals surface area contributed by atoms with Crippen LogP contribution in [0.3, 0.4) is 0 Å². The molecule has 5 nitrogen and oxygen atoms in total. The number of rotatable bonds is 3. The second kappa shape index (κ2) is 5.36. The van der Waals surface area contributed by atoms with Crippen LogP contribution in [0.15, 0.2) is 41.4 Å². The number of aromatic amines is 1. The average molecular weight is 350 g/mol. The van der Waals surface area contributed by atoms with Gasteiger partial charge in [0.2, 0.25) is 0 Å². The molecule has 0 radical (unpaired) electrons. The summed E-state index contributed by atoms with van der Waals surface area (Å²) in [5.74, 6) is -0.957. The Hall–Kier alpha value is -2.39. The number of hydrogen-bond donors (Lipinski definition) is 2. The molecule has 0 aliphatic carbocycles. The lowest BCUT2D eigenvalue weighted by molar-refractivity contribution is 0.629. The molecule has 116 valence electrons. The van der Waals surface area contributed by atoms with Crippen LogP contribution in [-0.4, -0.2) is 17.9 Å². The molecule has 0 bridgehead atoms. The maximum absolute atomic E-state index is 14.0. The van der Waals surface area contributed by atoms with Crippen molar-refractivity contribution >= 4 is 50.3 Å². The molecule has 9 heteroatoms. The van der Waals surface area contributed by atoms with E-state index in [1.54, 1.807) is 0 Å². The molecule has 1 unspecified atom stereocenters. The molecule has 0 amide bonds. The van der Waals surface area contributed by atoms with E-state index < -0.39 is 22.6 Å². The van der Waals surface area contributed by atoms with Crippen LogP contribution < -0.4 is 4.72 Å². The molecule has 0 saturated heterocycles. The van der Waals surface area contributed by atoms with Gasteiger partial charge in [-0.05, 0) is 24.3 Å². The Kier molecular flexibility index (Phi) is 3.31. The molecule has 4 rings (SSSR count). The van der Waals surface area contributed by atoms with Crippen LogP contribution in [0, 0.1) is 11.6 Å². The predicted molar refractivity (Wildman–Crippen MR) is 85.7 cm³/mol. The van der Waals surface area contributed by atoms with Crippen molar-refractivity contribution in [2.24, 2.45) is 0 Å². The Morgan fingerprint density at radius 1 is 1.13 bits per heavy atom. The molecule has 2 aromatic carbocycles. The molecule has 2 N–H and O–H groups in total. The molecule has 2 aromatic heterocycles. The van der Waals surface area contributed by atoms with Crippen molar-refractivity contribution < 1.29 is 13.0 Å². The van der Waals surface area contributed by atoms with Crippen molar-refractivity contribution in [2.75, 3.05) is 4.72 Å². The van der Waals surface area contributed by atoms with Crippen molar-refractivity contribution in [1.29, 1.82) is 0 Å². The summed E-state index contributed by atoms with van der Waals surface area (Å²) in [6.45, 7) is 0. The van der Waals surface area contributed by atoms with E-state index >= 15 is 0 Å². The monoisotopic (exact) mass is 350 g/mol. The molecule has 4 aromatic rings. The van der Waals surface area contributed by atoms with Crippen LogP contribution in [0.5, 0.6) is 0 Å². The number of nitrogens with zero attached hydrogens (tertiary/aromatic N) is 2. The smallest absolute Gasteiger partial charge is 0.152 e. The van der Waals surface area contributed by atoms with E-state index in [1.165, 1.54) is 36.5 Å². The first-order valence-electron chi connectivity index (χ1n) is 6.49. The summed E-state index contributed by atoms with van der Waals surface area (Å²) in [5.41, 5.74) is 1.57. The molecular formula is C14H8F2N4OS2. The summed E-state index contributed by atoms with van der Waals surface area (Å²) >= 11 is 0.979. The van der Waals surface area contributed by atoms with Gasteiger partial charge in [-0.25, -0.2) is 13.0 Å². The van der Waals surface area contributed by atoms with Gasteiger partial charge >= 0.3 is 0 Å². The largest absolute Gasteiger partial charge is 0.360 e. The normalized spacial score (nSPS) is 12.8. The highest BCUT2D eigenvalue weighted by molar-refractivity contribution is 7.86. The van der Waals surface area contributed by atoms with Crippen molar-refractivity contribution in [3.63, 3.8) is 0 Å². The van der Waals surface area contributed by atoms with Crippen molar-refractivity contribution in [3.05, 3.63) is 48.2 Å². The van der Waals surface area contributed by atoms with Crippen LogP contribution in [0.25, 0.3) is 21.9 Å². The first-order chi connectivity index (χ1) is 11.1. The SMILES string of the molecule is O=S(Nc1cc2nsnc2cc1F)c1c[nH]c2cc(F)ccc12. The number of benzene rings is 2.